The molecular formula is C15H24N4. The molecule has 0 saturated carbocycles. The Morgan fingerprint density at radius 1 is 1.37 bits per heavy atom. The van der Waals surface area contributed by atoms with Gasteiger partial charge in [-0.3, -0.25) is 0 Å². The van der Waals surface area contributed by atoms with Gasteiger partial charge < -0.3 is 14.5 Å². The minimum atomic E-state index is 0.460. The van der Waals surface area contributed by atoms with Crippen LogP contribution in [0.1, 0.15) is 44.0 Å². The van der Waals surface area contributed by atoms with E-state index in [4.69, 9.17) is 0 Å². The molecule has 1 unspecified atom stereocenters. The molecule has 0 aliphatic heterocycles. The second-order valence-corrected chi connectivity index (χ2v) is 4.92. The molecular weight excluding hydrogens is 236 g/mol. The van der Waals surface area contributed by atoms with Gasteiger partial charge in [0.1, 0.15) is 0 Å². The highest BCUT2D eigenvalue weighted by molar-refractivity contribution is 5.16. The van der Waals surface area contributed by atoms with Crippen LogP contribution in [0.4, 0.5) is 0 Å². The molecule has 0 aliphatic carbocycles. The summed E-state index contributed by atoms with van der Waals surface area (Å²) < 4.78 is 4.42. The zero-order valence-electron chi connectivity index (χ0n) is 12.1. The second-order valence-electron chi connectivity index (χ2n) is 4.92. The fourth-order valence-electron chi connectivity index (χ4n) is 2.48. The van der Waals surface area contributed by atoms with E-state index in [1.165, 1.54) is 24.1 Å². The van der Waals surface area contributed by atoms with Crippen LogP contribution in [0.3, 0.4) is 0 Å². The average molecular weight is 260 g/mol. The molecule has 4 nitrogen and oxygen atoms in total. The zero-order valence-corrected chi connectivity index (χ0v) is 12.1. The third kappa shape index (κ3) is 3.26. The molecule has 0 aliphatic rings. The van der Waals surface area contributed by atoms with E-state index in [-0.39, 0.29) is 0 Å². The lowest BCUT2D eigenvalue weighted by Gasteiger charge is -2.13. The SMILES string of the molecule is CCCC(NC)c1ccn(Cc2cncn2CC)c1. The van der Waals surface area contributed by atoms with Gasteiger partial charge in [0.15, 0.2) is 0 Å². The summed E-state index contributed by atoms with van der Waals surface area (Å²) in [7, 11) is 2.03. The number of aryl methyl sites for hydroxylation is 1. The standard InChI is InChI=1S/C15H24N4/c1-4-6-15(16-3)13-7-8-18(10-13)11-14-9-17-12-19(14)5-2/h7-10,12,15-16H,4-6,11H2,1-3H3. The lowest BCUT2D eigenvalue weighted by Crippen LogP contribution is -2.15. The minimum Gasteiger partial charge on any atom is -0.348 e. The first-order valence-electron chi connectivity index (χ1n) is 7.10. The van der Waals surface area contributed by atoms with Gasteiger partial charge >= 0.3 is 0 Å². The van der Waals surface area contributed by atoms with E-state index in [9.17, 15) is 0 Å². The van der Waals surface area contributed by atoms with Crippen LogP contribution in [0.25, 0.3) is 0 Å². The van der Waals surface area contributed by atoms with Crippen molar-refractivity contribution in [2.75, 3.05) is 7.05 Å². The van der Waals surface area contributed by atoms with Gasteiger partial charge in [-0.25, -0.2) is 4.98 Å². The zero-order chi connectivity index (χ0) is 13.7. The average Bonchev–Trinajstić information content (AvgIpc) is 3.05. The smallest absolute Gasteiger partial charge is 0.0948 e. The van der Waals surface area contributed by atoms with Crippen molar-refractivity contribution in [2.45, 2.75) is 45.8 Å². The Balaban J connectivity index is 2.08. The van der Waals surface area contributed by atoms with Crippen molar-refractivity contribution < 1.29 is 0 Å². The Morgan fingerprint density at radius 3 is 2.89 bits per heavy atom. The van der Waals surface area contributed by atoms with E-state index in [2.05, 4.69) is 51.7 Å². The van der Waals surface area contributed by atoms with Crippen LogP contribution in [-0.4, -0.2) is 21.2 Å². The minimum absolute atomic E-state index is 0.460. The molecule has 2 heterocycles. The van der Waals surface area contributed by atoms with E-state index < -0.39 is 0 Å². The lowest BCUT2D eigenvalue weighted by molar-refractivity contribution is 0.540. The first kappa shape index (κ1) is 13.9. The molecule has 104 valence electrons. The van der Waals surface area contributed by atoms with E-state index in [0.29, 0.717) is 6.04 Å². The molecule has 0 spiro atoms. The van der Waals surface area contributed by atoms with E-state index >= 15 is 0 Å². The van der Waals surface area contributed by atoms with Gasteiger partial charge in [0.25, 0.3) is 0 Å². The highest BCUT2D eigenvalue weighted by Crippen LogP contribution is 2.18. The number of hydrogen-bond donors (Lipinski definition) is 1. The van der Waals surface area contributed by atoms with Crippen molar-refractivity contribution in [2.24, 2.45) is 0 Å². The molecule has 0 radical (unpaired) electrons. The quantitative estimate of drug-likeness (QED) is 0.830. The third-order valence-corrected chi connectivity index (χ3v) is 3.59. The Bertz CT molecular complexity index is 498. The van der Waals surface area contributed by atoms with Gasteiger partial charge in [-0.15, -0.1) is 0 Å². The van der Waals surface area contributed by atoms with Crippen molar-refractivity contribution in [3.8, 4) is 0 Å². The van der Waals surface area contributed by atoms with E-state index in [1.807, 2.05) is 19.6 Å². The first-order chi connectivity index (χ1) is 9.28. The van der Waals surface area contributed by atoms with Gasteiger partial charge in [0, 0.05) is 31.2 Å². The highest BCUT2D eigenvalue weighted by Gasteiger charge is 2.10. The number of rotatable bonds is 7. The molecule has 2 rings (SSSR count). The molecule has 0 bridgehead atoms. The molecule has 4 heteroatoms. The summed E-state index contributed by atoms with van der Waals surface area (Å²) in [6, 6.07) is 2.67. The van der Waals surface area contributed by atoms with Crippen molar-refractivity contribution in [1.82, 2.24) is 19.4 Å². The molecule has 1 atom stereocenters. The van der Waals surface area contributed by atoms with E-state index in [0.717, 1.165) is 13.1 Å². The summed E-state index contributed by atoms with van der Waals surface area (Å²) >= 11 is 0. The fourth-order valence-corrected chi connectivity index (χ4v) is 2.48. The van der Waals surface area contributed by atoms with Crippen molar-refractivity contribution in [1.29, 1.82) is 0 Å². The number of nitrogens with zero attached hydrogens (tertiary/aromatic N) is 3. The predicted molar refractivity (Wildman–Crippen MR) is 78.1 cm³/mol. The molecule has 1 N–H and O–H groups in total. The van der Waals surface area contributed by atoms with Crippen molar-refractivity contribution >= 4 is 0 Å². The predicted octanol–water partition coefficient (Wildman–Crippen LogP) is 2.81. The maximum absolute atomic E-state index is 4.21. The van der Waals surface area contributed by atoms with Gasteiger partial charge in [-0.1, -0.05) is 13.3 Å². The summed E-state index contributed by atoms with van der Waals surface area (Å²) in [5, 5.41) is 3.38. The Hall–Kier alpha value is -1.55. The lowest BCUT2D eigenvalue weighted by atomic mass is 10.1. The molecule has 2 aromatic rings. The molecule has 0 amide bonds. The summed E-state index contributed by atoms with van der Waals surface area (Å²) in [4.78, 5) is 4.21. The molecule has 0 saturated heterocycles. The van der Waals surface area contributed by atoms with Crippen LogP contribution >= 0.6 is 0 Å². The highest BCUT2D eigenvalue weighted by atomic mass is 15.1. The van der Waals surface area contributed by atoms with Crippen LogP contribution in [-0.2, 0) is 13.1 Å². The summed E-state index contributed by atoms with van der Waals surface area (Å²) in [5.41, 5.74) is 2.62. The summed E-state index contributed by atoms with van der Waals surface area (Å²) in [6.07, 6.45) is 10.6. The summed E-state index contributed by atoms with van der Waals surface area (Å²) in [5.74, 6) is 0. The van der Waals surface area contributed by atoms with Crippen molar-refractivity contribution in [3.63, 3.8) is 0 Å². The number of nitrogens with one attached hydrogen (secondary N) is 1. The van der Waals surface area contributed by atoms with Crippen LogP contribution in [0.15, 0.2) is 31.0 Å². The molecule has 2 aromatic heterocycles. The van der Waals surface area contributed by atoms with Crippen LogP contribution in [0.5, 0.6) is 0 Å². The number of imidazole rings is 1. The second kappa shape index (κ2) is 6.57. The maximum atomic E-state index is 4.21. The van der Waals surface area contributed by atoms with Gasteiger partial charge in [0.05, 0.1) is 18.6 Å². The van der Waals surface area contributed by atoms with Crippen LogP contribution in [0, 0.1) is 0 Å². The van der Waals surface area contributed by atoms with Crippen molar-refractivity contribution in [3.05, 3.63) is 42.2 Å². The Morgan fingerprint density at radius 2 is 2.21 bits per heavy atom. The Kier molecular flexibility index (Phi) is 4.80. The van der Waals surface area contributed by atoms with Gasteiger partial charge in [-0.05, 0) is 32.0 Å². The van der Waals surface area contributed by atoms with E-state index in [1.54, 1.807) is 0 Å². The normalized spacial score (nSPS) is 12.8. The van der Waals surface area contributed by atoms with Crippen LogP contribution in [0.2, 0.25) is 0 Å². The molecule has 0 aromatic carbocycles. The maximum Gasteiger partial charge on any atom is 0.0948 e. The Labute approximate surface area is 115 Å². The number of hydrogen-bond acceptors (Lipinski definition) is 2. The third-order valence-electron chi connectivity index (χ3n) is 3.59. The van der Waals surface area contributed by atoms with Crippen LogP contribution < -0.4 is 5.32 Å². The number of aromatic nitrogens is 3. The topological polar surface area (TPSA) is 34.8 Å². The van der Waals surface area contributed by atoms with Gasteiger partial charge in [-0.2, -0.15) is 0 Å². The fraction of sp³-hybridized carbons (Fsp3) is 0.533. The first-order valence-corrected chi connectivity index (χ1v) is 7.10. The molecule has 0 fully saturated rings. The van der Waals surface area contributed by atoms with Gasteiger partial charge in [0.2, 0.25) is 0 Å². The monoisotopic (exact) mass is 260 g/mol. The summed E-state index contributed by atoms with van der Waals surface area (Å²) in [6.45, 7) is 6.22. The molecule has 19 heavy (non-hydrogen) atoms. The largest absolute Gasteiger partial charge is 0.348 e.